The molecule has 3 nitrogen and oxygen atoms in total. The van der Waals surface area contributed by atoms with Crippen molar-refractivity contribution in [2.45, 2.75) is 47.1 Å². The fraction of sp³-hybridized carbons (Fsp3) is 0.647. The standard InChI is InChI=1S/C17H29NO2/c1-6-10-18-13-14-7-8-15(19-5)16(12-14)20-11-9-17(2,3)4/h7-8,12,18H,6,9-11,13H2,1-5H3. The lowest BCUT2D eigenvalue weighted by molar-refractivity contribution is 0.234. The second-order valence-electron chi connectivity index (χ2n) is 6.32. The van der Waals surface area contributed by atoms with Crippen molar-refractivity contribution in [2.75, 3.05) is 20.3 Å². The first kappa shape index (κ1) is 16.8. The van der Waals surface area contributed by atoms with Crippen LogP contribution in [0.25, 0.3) is 0 Å². The van der Waals surface area contributed by atoms with Gasteiger partial charge >= 0.3 is 0 Å². The molecule has 0 bridgehead atoms. The van der Waals surface area contributed by atoms with E-state index in [1.54, 1.807) is 7.11 Å². The minimum atomic E-state index is 0.285. The molecule has 0 aromatic heterocycles. The third-order valence-corrected chi connectivity index (χ3v) is 3.09. The number of benzene rings is 1. The van der Waals surface area contributed by atoms with Gasteiger partial charge in [0.05, 0.1) is 13.7 Å². The van der Waals surface area contributed by atoms with Crippen molar-refractivity contribution in [1.82, 2.24) is 5.32 Å². The highest BCUT2D eigenvalue weighted by molar-refractivity contribution is 5.42. The average molecular weight is 279 g/mol. The minimum absolute atomic E-state index is 0.285. The topological polar surface area (TPSA) is 30.5 Å². The van der Waals surface area contributed by atoms with Gasteiger partial charge in [0.15, 0.2) is 11.5 Å². The van der Waals surface area contributed by atoms with Gasteiger partial charge in [0.25, 0.3) is 0 Å². The lowest BCUT2D eigenvalue weighted by Crippen LogP contribution is -2.14. The number of hydrogen-bond donors (Lipinski definition) is 1. The Bertz CT molecular complexity index is 396. The van der Waals surface area contributed by atoms with Gasteiger partial charge in [-0.3, -0.25) is 0 Å². The van der Waals surface area contributed by atoms with E-state index in [9.17, 15) is 0 Å². The van der Waals surface area contributed by atoms with E-state index >= 15 is 0 Å². The maximum absolute atomic E-state index is 5.90. The molecule has 0 fully saturated rings. The largest absolute Gasteiger partial charge is 0.493 e. The molecule has 0 spiro atoms. The van der Waals surface area contributed by atoms with Gasteiger partial charge in [-0.2, -0.15) is 0 Å². The molecule has 1 aromatic rings. The Kier molecular flexibility index (Phi) is 6.86. The maximum atomic E-state index is 5.90. The van der Waals surface area contributed by atoms with E-state index < -0.39 is 0 Å². The fourth-order valence-corrected chi connectivity index (χ4v) is 1.82. The summed E-state index contributed by atoms with van der Waals surface area (Å²) in [5, 5.41) is 3.40. The van der Waals surface area contributed by atoms with Crippen molar-refractivity contribution in [1.29, 1.82) is 0 Å². The summed E-state index contributed by atoms with van der Waals surface area (Å²) in [5.41, 5.74) is 1.51. The van der Waals surface area contributed by atoms with Gasteiger partial charge in [0, 0.05) is 6.54 Å². The summed E-state index contributed by atoms with van der Waals surface area (Å²) >= 11 is 0. The molecule has 114 valence electrons. The summed E-state index contributed by atoms with van der Waals surface area (Å²) < 4.78 is 11.3. The molecule has 0 amide bonds. The van der Waals surface area contributed by atoms with Gasteiger partial charge in [-0.05, 0) is 42.5 Å². The Labute approximate surface area is 123 Å². The summed E-state index contributed by atoms with van der Waals surface area (Å²) in [4.78, 5) is 0. The van der Waals surface area contributed by atoms with E-state index in [1.807, 2.05) is 6.07 Å². The van der Waals surface area contributed by atoms with Crippen LogP contribution in [0.5, 0.6) is 11.5 Å². The first-order chi connectivity index (χ1) is 9.46. The molecule has 3 heteroatoms. The molecule has 0 saturated carbocycles. The van der Waals surface area contributed by atoms with Gasteiger partial charge in [-0.25, -0.2) is 0 Å². The van der Waals surface area contributed by atoms with E-state index in [1.165, 1.54) is 5.56 Å². The lowest BCUT2D eigenvalue weighted by Gasteiger charge is -2.19. The number of nitrogens with one attached hydrogen (secondary N) is 1. The van der Waals surface area contributed by atoms with Crippen LogP contribution in [0.2, 0.25) is 0 Å². The summed E-state index contributed by atoms with van der Waals surface area (Å²) in [6.45, 7) is 11.4. The third kappa shape index (κ3) is 6.29. The molecule has 1 aromatic carbocycles. The normalized spacial score (nSPS) is 11.4. The maximum Gasteiger partial charge on any atom is 0.161 e. The first-order valence-corrected chi connectivity index (χ1v) is 7.46. The summed E-state index contributed by atoms with van der Waals surface area (Å²) in [5.74, 6) is 1.64. The van der Waals surface area contributed by atoms with E-state index in [2.05, 4.69) is 45.1 Å². The molecule has 0 radical (unpaired) electrons. The van der Waals surface area contributed by atoms with Crippen LogP contribution in [0.1, 0.15) is 46.1 Å². The molecule has 0 aliphatic rings. The molecule has 1 N–H and O–H groups in total. The molecule has 1 rings (SSSR count). The predicted molar refractivity (Wildman–Crippen MR) is 84.6 cm³/mol. The third-order valence-electron chi connectivity index (χ3n) is 3.09. The van der Waals surface area contributed by atoms with Gasteiger partial charge in [0.1, 0.15) is 0 Å². The monoisotopic (exact) mass is 279 g/mol. The smallest absolute Gasteiger partial charge is 0.161 e. The van der Waals surface area contributed by atoms with Gasteiger partial charge < -0.3 is 14.8 Å². The zero-order valence-corrected chi connectivity index (χ0v) is 13.6. The Morgan fingerprint density at radius 1 is 1.15 bits per heavy atom. The Morgan fingerprint density at radius 2 is 1.90 bits per heavy atom. The highest BCUT2D eigenvalue weighted by Crippen LogP contribution is 2.29. The Balaban J connectivity index is 2.63. The van der Waals surface area contributed by atoms with Crippen LogP contribution in [0.3, 0.4) is 0 Å². The van der Waals surface area contributed by atoms with Crippen LogP contribution in [-0.4, -0.2) is 20.3 Å². The highest BCUT2D eigenvalue weighted by Gasteiger charge is 2.11. The van der Waals surface area contributed by atoms with Crippen LogP contribution in [0, 0.1) is 5.41 Å². The van der Waals surface area contributed by atoms with Crippen LogP contribution in [0.15, 0.2) is 18.2 Å². The summed E-state index contributed by atoms with van der Waals surface area (Å²) in [6, 6.07) is 6.14. The van der Waals surface area contributed by atoms with Crippen molar-refractivity contribution in [3.63, 3.8) is 0 Å². The lowest BCUT2D eigenvalue weighted by atomic mass is 9.93. The van der Waals surface area contributed by atoms with Gasteiger partial charge in [-0.15, -0.1) is 0 Å². The zero-order valence-electron chi connectivity index (χ0n) is 13.6. The van der Waals surface area contributed by atoms with Crippen LogP contribution in [-0.2, 0) is 6.54 Å². The Hall–Kier alpha value is -1.22. The molecule has 0 heterocycles. The summed E-state index contributed by atoms with van der Waals surface area (Å²) in [7, 11) is 1.68. The van der Waals surface area contributed by atoms with Gasteiger partial charge in [0.2, 0.25) is 0 Å². The quantitative estimate of drug-likeness (QED) is 0.729. The van der Waals surface area contributed by atoms with Crippen LogP contribution < -0.4 is 14.8 Å². The highest BCUT2D eigenvalue weighted by atomic mass is 16.5. The van der Waals surface area contributed by atoms with Crippen molar-refractivity contribution >= 4 is 0 Å². The molecule has 0 aliphatic carbocycles. The second kappa shape index (κ2) is 8.15. The SMILES string of the molecule is CCCNCc1ccc(OC)c(OCCC(C)(C)C)c1. The van der Waals surface area contributed by atoms with Gasteiger partial charge in [-0.1, -0.05) is 33.8 Å². The first-order valence-electron chi connectivity index (χ1n) is 7.46. The second-order valence-corrected chi connectivity index (χ2v) is 6.32. The van der Waals surface area contributed by atoms with Crippen LogP contribution >= 0.6 is 0 Å². The zero-order chi connectivity index (χ0) is 15.0. The van der Waals surface area contributed by atoms with Crippen molar-refractivity contribution < 1.29 is 9.47 Å². The minimum Gasteiger partial charge on any atom is -0.493 e. The molecule has 0 atom stereocenters. The Morgan fingerprint density at radius 3 is 2.50 bits per heavy atom. The molecular formula is C17H29NO2. The molecule has 20 heavy (non-hydrogen) atoms. The number of rotatable bonds is 8. The van der Waals surface area contributed by atoms with E-state index in [-0.39, 0.29) is 5.41 Å². The van der Waals surface area contributed by atoms with E-state index in [4.69, 9.17) is 9.47 Å². The molecule has 0 aliphatic heterocycles. The number of methoxy groups -OCH3 is 1. The number of ether oxygens (including phenoxy) is 2. The average Bonchev–Trinajstić information content (AvgIpc) is 2.38. The molecule has 0 unspecified atom stereocenters. The van der Waals surface area contributed by atoms with E-state index in [0.717, 1.165) is 37.4 Å². The predicted octanol–water partition coefficient (Wildman–Crippen LogP) is 4.01. The van der Waals surface area contributed by atoms with Crippen LogP contribution in [0.4, 0.5) is 0 Å². The molecule has 0 saturated heterocycles. The summed E-state index contributed by atoms with van der Waals surface area (Å²) in [6.07, 6.45) is 2.17. The van der Waals surface area contributed by atoms with E-state index in [0.29, 0.717) is 6.61 Å². The molecular weight excluding hydrogens is 250 g/mol. The van der Waals surface area contributed by atoms with Crippen molar-refractivity contribution in [3.05, 3.63) is 23.8 Å². The number of hydrogen-bond acceptors (Lipinski definition) is 3. The fourth-order valence-electron chi connectivity index (χ4n) is 1.82. The van der Waals surface area contributed by atoms with Crippen molar-refractivity contribution in [3.8, 4) is 11.5 Å². The van der Waals surface area contributed by atoms with Crippen molar-refractivity contribution in [2.24, 2.45) is 5.41 Å².